The second kappa shape index (κ2) is 6.03. The van der Waals surface area contributed by atoms with Gasteiger partial charge in [0.2, 0.25) is 0 Å². The molecule has 0 spiro atoms. The molecule has 0 unspecified atom stereocenters. The average molecular weight is 385 g/mol. The van der Waals surface area contributed by atoms with Gasteiger partial charge in [0.1, 0.15) is 0 Å². The van der Waals surface area contributed by atoms with Gasteiger partial charge in [-0.05, 0) is 62.3 Å². The van der Waals surface area contributed by atoms with Gasteiger partial charge in [-0.1, -0.05) is 35.4 Å². The van der Waals surface area contributed by atoms with Gasteiger partial charge in [-0.15, -0.1) is 6.58 Å². The first kappa shape index (κ1) is 18.1. The molecule has 2 aliphatic carbocycles. The first-order chi connectivity index (χ1) is 10.0. The molecule has 2 rings (SSSR count). The molecule has 2 atom stereocenters. The topological polar surface area (TPSA) is 26.3 Å². The van der Waals surface area contributed by atoms with E-state index in [2.05, 4.69) is 56.4 Å². The zero-order chi connectivity index (χ0) is 16.8. The monoisotopic (exact) mass is 384 g/mol. The van der Waals surface area contributed by atoms with Crippen LogP contribution in [0.5, 0.6) is 0 Å². The zero-order valence-electron chi connectivity index (χ0n) is 14.6. The number of fused-ring (bicyclic) bond motifs is 1. The summed E-state index contributed by atoms with van der Waals surface area (Å²) in [7, 11) is -1.80. The van der Waals surface area contributed by atoms with Crippen LogP contribution in [0.2, 0.25) is 13.1 Å². The molecule has 0 aromatic rings. The summed E-state index contributed by atoms with van der Waals surface area (Å²) in [6, 6.07) is 0. The predicted molar refractivity (Wildman–Crippen MR) is 98.7 cm³/mol. The molecule has 0 radical (unpaired) electrons. The third-order valence-electron chi connectivity index (χ3n) is 5.06. The maximum Gasteiger partial charge on any atom is 0.198 e. The highest BCUT2D eigenvalue weighted by molar-refractivity contribution is 9.09. The summed E-state index contributed by atoms with van der Waals surface area (Å²) in [5.74, 6) is 0.625. The summed E-state index contributed by atoms with van der Waals surface area (Å²) in [5.41, 5.74) is 2.32. The fourth-order valence-corrected chi connectivity index (χ4v) is 5.85. The number of alkyl halides is 1. The number of ketones is 1. The van der Waals surface area contributed by atoms with Crippen LogP contribution in [0.1, 0.15) is 46.5 Å². The van der Waals surface area contributed by atoms with E-state index in [0.717, 1.165) is 24.2 Å². The van der Waals surface area contributed by atoms with Crippen molar-refractivity contribution < 1.29 is 9.22 Å². The Labute approximate surface area is 144 Å². The molecule has 0 aromatic carbocycles. The predicted octanol–water partition coefficient (Wildman–Crippen LogP) is 5.18. The average Bonchev–Trinajstić information content (AvgIpc) is 2.86. The lowest BCUT2D eigenvalue weighted by Gasteiger charge is -2.39. The van der Waals surface area contributed by atoms with E-state index in [1.165, 1.54) is 11.1 Å². The highest BCUT2D eigenvalue weighted by Gasteiger charge is 2.57. The minimum atomic E-state index is -1.80. The van der Waals surface area contributed by atoms with Crippen LogP contribution in [-0.2, 0) is 9.22 Å². The molecule has 0 saturated heterocycles. The molecule has 22 heavy (non-hydrogen) atoms. The molecule has 1 saturated carbocycles. The van der Waals surface area contributed by atoms with Crippen LogP contribution in [-0.4, -0.2) is 24.7 Å². The second-order valence-electron chi connectivity index (χ2n) is 8.43. The highest BCUT2D eigenvalue weighted by atomic mass is 79.9. The number of hydrogen-bond donors (Lipinski definition) is 0. The third-order valence-corrected chi connectivity index (χ3v) is 10.7. The normalized spacial score (nSPS) is 30.4. The van der Waals surface area contributed by atoms with Gasteiger partial charge in [0.25, 0.3) is 0 Å². The summed E-state index contributed by atoms with van der Waals surface area (Å²) in [6.45, 7) is 15.2. The van der Waals surface area contributed by atoms with Crippen LogP contribution in [0.4, 0.5) is 0 Å². The van der Waals surface area contributed by atoms with Crippen molar-refractivity contribution in [2.24, 2.45) is 11.3 Å². The van der Waals surface area contributed by atoms with Gasteiger partial charge in [-0.3, -0.25) is 4.79 Å². The zero-order valence-corrected chi connectivity index (χ0v) is 17.2. The van der Waals surface area contributed by atoms with Gasteiger partial charge in [-0.25, -0.2) is 0 Å². The van der Waals surface area contributed by atoms with E-state index >= 15 is 0 Å². The smallest absolute Gasteiger partial charge is 0.198 e. The van der Waals surface area contributed by atoms with Crippen LogP contribution in [0.25, 0.3) is 0 Å². The SMILES string of the molecule is C=C(C)CC[C@]1(O[Si](C)(C)CBr)CC(C)(C)[C@@H]2CC(=O)C=C21. The molecular formula is C18H29BrO2Si. The van der Waals surface area contributed by atoms with Gasteiger partial charge >= 0.3 is 0 Å². The number of halogens is 1. The molecule has 1 fully saturated rings. The quantitative estimate of drug-likeness (QED) is 0.358. The fourth-order valence-electron chi connectivity index (χ4n) is 4.10. The van der Waals surface area contributed by atoms with E-state index in [1.54, 1.807) is 0 Å². The molecular weight excluding hydrogens is 356 g/mol. The summed E-state index contributed by atoms with van der Waals surface area (Å²) < 4.78 is 6.81. The van der Waals surface area contributed by atoms with Crippen molar-refractivity contribution in [1.82, 2.24) is 0 Å². The van der Waals surface area contributed by atoms with Gasteiger partial charge in [0.05, 0.1) is 5.60 Å². The van der Waals surface area contributed by atoms with Crippen LogP contribution in [0.3, 0.4) is 0 Å². The number of rotatable bonds is 6. The van der Waals surface area contributed by atoms with Crippen molar-refractivity contribution in [2.75, 3.05) is 4.95 Å². The minimum absolute atomic E-state index is 0.129. The van der Waals surface area contributed by atoms with Gasteiger partial charge in [0, 0.05) is 11.4 Å². The number of allylic oxidation sites excluding steroid dienone is 2. The minimum Gasteiger partial charge on any atom is -0.407 e. The Morgan fingerprint density at radius 1 is 1.50 bits per heavy atom. The lowest BCUT2D eigenvalue weighted by Crippen LogP contribution is -2.46. The van der Waals surface area contributed by atoms with E-state index in [9.17, 15) is 4.79 Å². The number of carbonyl (C=O) groups is 1. The lowest BCUT2D eigenvalue weighted by atomic mass is 9.80. The summed E-state index contributed by atoms with van der Waals surface area (Å²) in [6.07, 6.45) is 5.49. The standard InChI is InChI=1S/C18H29BrO2Si/c1-13(2)7-8-18(21-22(5,6)12-19)11-17(3,4)15-9-14(20)10-16(15)18/h10,15H,1,7-9,11-12H2,2-6H3/t15-,18+/m1/s1. The molecule has 2 aliphatic rings. The Bertz CT molecular complexity index is 521. The summed E-state index contributed by atoms with van der Waals surface area (Å²) in [4.78, 5) is 13.0. The van der Waals surface area contributed by atoms with E-state index in [-0.39, 0.29) is 16.8 Å². The Morgan fingerprint density at radius 3 is 2.68 bits per heavy atom. The van der Waals surface area contributed by atoms with Crippen molar-refractivity contribution in [2.45, 2.75) is 65.1 Å². The van der Waals surface area contributed by atoms with E-state index in [4.69, 9.17) is 4.43 Å². The molecule has 2 nitrogen and oxygen atoms in total. The molecule has 0 aliphatic heterocycles. The maximum atomic E-state index is 12.1. The van der Waals surface area contributed by atoms with Crippen molar-refractivity contribution in [3.05, 3.63) is 23.8 Å². The van der Waals surface area contributed by atoms with Crippen LogP contribution in [0.15, 0.2) is 23.8 Å². The number of hydrogen-bond acceptors (Lipinski definition) is 2. The lowest BCUT2D eigenvalue weighted by molar-refractivity contribution is -0.115. The Hall–Kier alpha value is -0.193. The Morgan fingerprint density at radius 2 is 2.14 bits per heavy atom. The second-order valence-corrected chi connectivity index (χ2v) is 14.1. The van der Waals surface area contributed by atoms with Crippen molar-refractivity contribution >= 4 is 30.0 Å². The Kier molecular flexibility index (Phi) is 4.97. The van der Waals surface area contributed by atoms with Gasteiger partial charge in [-0.2, -0.15) is 0 Å². The largest absolute Gasteiger partial charge is 0.407 e. The van der Waals surface area contributed by atoms with Crippen molar-refractivity contribution in [3.8, 4) is 0 Å². The van der Waals surface area contributed by atoms with Crippen molar-refractivity contribution in [3.63, 3.8) is 0 Å². The first-order valence-electron chi connectivity index (χ1n) is 8.17. The molecule has 0 bridgehead atoms. The summed E-state index contributed by atoms with van der Waals surface area (Å²) >= 11 is 3.63. The van der Waals surface area contributed by atoms with Crippen LogP contribution in [0, 0.1) is 11.3 Å². The third kappa shape index (κ3) is 3.49. The van der Waals surface area contributed by atoms with Gasteiger partial charge in [0.15, 0.2) is 14.1 Å². The fraction of sp³-hybridized carbons (Fsp3) is 0.722. The highest BCUT2D eigenvalue weighted by Crippen LogP contribution is 2.59. The molecule has 4 heteroatoms. The van der Waals surface area contributed by atoms with E-state index in [1.807, 2.05) is 6.08 Å². The first-order valence-corrected chi connectivity index (χ1v) is 12.4. The molecule has 0 N–H and O–H groups in total. The number of carbonyl (C=O) groups excluding carboxylic acids is 1. The van der Waals surface area contributed by atoms with Crippen LogP contribution < -0.4 is 0 Å². The maximum absolute atomic E-state index is 12.1. The van der Waals surface area contributed by atoms with Crippen LogP contribution >= 0.6 is 15.9 Å². The Balaban J connectivity index is 2.42. The molecule has 0 heterocycles. The van der Waals surface area contributed by atoms with E-state index < -0.39 is 8.32 Å². The molecule has 0 aromatic heterocycles. The van der Waals surface area contributed by atoms with E-state index in [0.29, 0.717) is 12.3 Å². The molecule has 124 valence electrons. The van der Waals surface area contributed by atoms with Gasteiger partial charge < -0.3 is 4.43 Å². The molecule has 0 amide bonds. The van der Waals surface area contributed by atoms with Crippen molar-refractivity contribution in [1.29, 1.82) is 0 Å². The summed E-state index contributed by atoms with van der Waals surface area (Å²) in [5, 5.41) is 0.